The number of rotatable bonds is 8. The molecular formula is C28H41N3O6. The fourth-order valence-corrected chi connectivity index (χ4v) is 6.23. The van der Waals surface area contributed by atoms with E-state index in [2.05, 4.69) is 6.08 Å². The molecule has 9 heteroatoms. The van der Waals surface area contributed by atoms with Crippen molar-refractivity contribution in [3.8, 4) is 0 Å². The molecule has 2 saturated heterocycles. The summed E-state index contributed by atoms with van der Waals surface area (Å²) in [6, 6.07) is 0. The summed E-state index contributed by atoms with van der Waals surface area (Å²) in [5.74, 6) is -1.03. The minimum atomic E-state index is -0.863. The zero-order valence-corrected chi connectivity index (χ0v) is 22.3. The van der Waals surface area contributed by atoms with Crippen LogP contribution in [0.1, 0.15) is 71.6 Å². The molecule has 0 N–H and O–H groups in total. The summed E-state index contributed by atoms with van der Waals surface area (Å²) in [6.07, 6.45) is 11.0. The van der Waals surface area contributed by atoms with Crippen LogP contribution in [0.4, 0.5) is 4.79 Å². The molecule has 204 valence electrons. The first-order valence-corrected chi connectivity index (χ1v) is 14.0. The maximum atomic E-state index is 13.8. The van der Waals surface area contributed by atoms with Crippen molar-refractivity contribution in [3.05, 3.63) is 23.4 Å². The quantitative estimate of drug-likeness (QED) is 0.362. The Labute approximate surface area is 219 Å². The Balaban J connectivity index is 1.47. The largest absolute Gasteiger partial charge is 0.465 e. The molecule has 0 saturated carbocycles. The molecule has 4 rings (SSSR count). The molecular weight excluding hydrogens is 474 g/mol. The van der Waals surface area contributed by atoms with Crippen LogP contribution in [0.15, 0.2) is 23.4 Å². The summed E-state index contributed by atoms with van der Waals surface area (Å²) in [4.78, 5) is 57.5. The highest BCUT2D eigenvalue weighted by molar-refractivity contribution is 5.92. The van der Waals surface area contributed by atoms with E-state index in [1.165, 1.54) is 18.4 Å². The SMILES string of the molecule is CCOC(=O)N1CCN(C(=O)C[C@H]2C[C@@]3(C(=O)OCC)CCC=C3N(CCC3=CCCCC3)C2=O)CC1. The van der Waals surface area contributed by atoms with Gasteiger partial charge < -0.3 is 24.2 Å². The van der Waals surface area contributed by atoms with E-state index in [0.29, 0.717) is 52.2 Å². The van der Waals surface area contributed by atoms with Gasteiger partial charge in [0.1, 0.15) is 5.41 Å². The summed E-state index contributed by atoms with van der Waals surface area (Å²) >= 11 is 0. The second kappa shape index (κ2) is 12.1. The maximum Gasteiger partial charge on any atom is 0.409 e. The van der Waals surface area contributed by atoms with Gasteiger partial charge in [-0.1, -0.05) is 17.7 Å². The van der Waals surface area contributed by atoms with Crippen LogP contribution >= 0.6 is 0 Å². The molecule has 0 aromatic heterocycles. The monoisotopic (exact) mass is 515 g/mol. The van der Waals surface area contributed by atoms with Crippen molar-refractivity contribution in [3.63, 3.8) is 0 Å². The summed E-state index contributed by atoms with van der Waals surface area (Å²) in [6.45, 7) is 6.31. The molecule has 0 spiro atoms. The minimum Gasteiger partial charge on any atom is -0.465 e. The smallest absolute Gasteiger partial charge is 0.409 e. The average Bonchev–Trinajstić information content (AvgIpc) is 3.34. The first-order valence-electron chi connectivity index (χ1n) is 14.0. The zero-order valence-electron chi connectivity index (χ0n) is 22.3. The van der Waals surface area contributed by atoms with E-state index >= 15 is 0 Å². The number of piperazine rings is 1. The number of allylic oxidation sites excluding steroid dienone is 2. The number of carbonyl (C=O) groups is 4. The summed E-state index contributed by atoms with van der Waals surface area (Å²) < 4.78 is 10.6. The Kier molecular flexibility index (Phi) is 8.92. The number of ether oxygens (including phenoxy) is 2. The van der Waals surface area contributed by atoms with Crippen LogP contribution in [0.25, 0.3) is 0 Å². The van der Waals surface area contributed by atoms with Crippen LogP contribution in [-0.2, 0) is 23.9 Å². The number of hydrogen-bond donors (Lipinski definition) is 0. The van der Waals surface area contributed by atoms with Gasteiger partial charge in [0.2, 0.25) is 11.8 Å². The van der Waals surface area contributed by atoms with Crippen LogP contribution in [-0.4, -0.2) is 84.5 Å². The van der Waals surface area contributed by atoms with E-state index in [0.717, 1.165) is 31.4 Å². The number of hydrogen-bond acceptors (Lipinski definition) is 6. The normalized spacial score (nSPS) is 25.8. The number of carbonyl (C=O) groups excluding carboxylic acids is 4. The van der Waals surface area contributed by atoms with Gasteiger partial charge in [-0.05, 0) is 65.2 Å². The third-order valence-corrected chi connectivity index (χ3v) is 8.19. The van der Waals surface area contributed by atoms with Gasteiger partial charge in [-0.2, -0.15) is 0 Å². The molecule has 9 nitrogen and oxygen atoms in total. The highest BCUT2D eigenvalue weighted by Gasteiger charge is 2.55. The molecule has 2 atom stereocenters. The van der Waals surface area contributed by atoms with Crippen LogP contribution < -0.4 is 0 Å². The van der Waals surface area contributed by atoms with Crippen molar-refractivity contribution in [2.45, 2.75) is 71.6 Å². The van der Waals surface area contributed by atoms with Crippen molar-refractivity contribution >= 4 is 23.9 Å². The Morgan fingerprint density at radius 3 is 2.38 bits per heavy atom. The summed E-state index contributed by atoms with van der Waals surface area (Å²) in [5.41, 5.74) is 1.29. The topological polar surface area (TPSA) is 96.5 Å². The average molecular weight is 516 g/mol. The number of amides is 3. The molecule has 37 heavy (non-hydrogen) atoms. The second-order valence-electron chi connectivity index (χ2n) is 10.5. The second-order valence-corrected chi connectivity index (χ2v) is 10.5. The Morgan fingerprint density at radius 2 is 1.70 bits per heavy atom. The third kappa shape index (κ3) is 5.85. The number of likely N-dealkylation sites (tertiary alicyclic amines) is 1. The summed E-state index contributed by atoms with van der Waals surface area (Å²) in [5, 5.41) is 0. The maximum absolute atomic E-state index is 13.8. The number of piperidine rings is 1. The van der Waals surface area contributed by atoms with E-state index < -0.39 is 11.3 Å². The highest BCUT2D eigenvalue weighted by Crippen LogP contribution is 2.51. The first kappa shape index (κ1) is 27.2. The molecule has 0 radical (unpaired) electrons. The molecule has 2 aliphatic carbocycles. The number of fused-ring (bicyclic) bond motifs is 1. The van der Waals surface area contributed by atoms with Crippen LogP contribution in [0, 0.1) is 11.3 Å². The van der Waals surface area contributed by atoms with E-state index in [1.54, 1.807) is 28.5 Å². The lowest BCUT2D eigenvalue weighted by atomic mass is 9.71. The van der Waals surface area contributed by atoms with Gasteiger partial charge >= 0.3 is 12.1 Å². The molecule has 2 aliphatic heterocycles. The van der Waals surface area contributed by atoms with Gasteiger partial charge in [-0.15, -0.1) is 0 Å². The van der Waals surface area contributed by atoms with Crippen molar-refractivity contribution in [1.82, 2.24) is 14.7 Å². The highest BCUT2D eigenvalue weighted by atomic mass is 16.6. The lowest BCUT2D eigenvalue weighted by molar-refractivity contribution is -0.161. The van der Waals surface area contributed by atoms with E-state index in [4.69, 9.17) is 9.47 Å². The van der Waals surface area contributed by atoms with Gasteiger partial charge in [0, 0.05) is 50.8 Å². The van der Waals surface area contributed by atoms with Crippen LogP contribution in [0.2, 0.25) is 0 Å². The lowest BCUT2D eigenvalue weighted by Crippen LogP contribution is -2.54. The van der Waals surface area contributed by atoms with Gasteiger partial charge in [0.15, 0.2) is 0 Å². The van der Waals surface area contributed by atoms with Crippen LogP contribution in [0.5, 0.6) is 0 Å². The Bertz CT molecular complexity index is 952. The fraction of sp³-hybridized carbons (Fsp3) is 0.714. The Hall–Kier alpha value is -2.84. The van der Waals surface area contributed by atoms with Gasteiger partial charge in [-0.25, -0.2) is 4.79 Å². The van der Waals surface area contributed by atoms with Crippen molar-refractivity contribution in [1.29, 1.82) is 0 Å². The van der Waals surface area contributed by atoms with Gasteiger partial charge in [0.25, 0.3) is 0 Å². The third-order valence-electron chi connectivity index (χ3n) is 8.19. The molecule has 0 bridgehead atoms. The van der Waals surface area contributed by atoms with Gasteiger partial charge in [0.05, 0.1) is 13.2 Å². The van der Waals surface area contributed by atoms with Crippen molar-refractivity contribution in [2.24, 2.45) is 11.3 Å². The van der Waals surface area contributed by atoms with Crippen molar-refractivity contribution in [2.75, 3.05) is 45.9 Å². The minimum absolute atomic E-state index is 0.0614. The van der Waals surface area contributed by atoms with Gasteiger partial charge in [-0.3, -0.25) is 14.4 Å². The van der Waals surface area contributed by atoms with E-state index in [9.17, 15) is 19.2 Å². The standard InChI is InChI=1S/C28H41N3O6/c1-3-36-26(34)28-13-8-11-23(28)31(14-12-21-9-6-5-7-10-21)25(33)22(20-28)19-24(32)29-15-17-30(18-16-29)27(35)37-4-2/h9,11,22H,3-8,10,12-20H2,1-2H3/t22-,28-/m0/s1. The predicted octanol–water partition coefficient (Wildman–Crippen LogP) is 3.64. The van der Waals surface area contributed by atoms with Crippen molar-refractivity contribution < 1.29 is 28.7 Å². The van der Waals surface area contributed by atoms with Crippen LogP contribution in [0.3, 0.4) is 0 Å². The summed E-state index contributed by atoms with van der Waals surface area (Å²) in [7, 11) is 0. The molecule has 0 unspecified atom stereocenters. The zero-order chi connectivity index (χ0) is 26.4. The molecule has 2 heterocycles. The fourth-order valence-electron chi connectivity index (χ4n) is 6.23. The first-order chi connectivity index (χ1) is 17.9. The molecule has 3 amide bonds. The lowest BCUT2D eigenvalue weighted by Gasteiger charge is -2.44. The molecule has 2 fully saturated rings. The number of esters is 1. The van der Waals surface area contributed by atoms with E-state index in [-0.39, 0.29) is 36.9 Å². The predicted molar refractivity (Wildman–Crippen MR) is 137 cm³/mol. The molecule has 0 aromatic carbocycles. The van der Waals surface area contributed by atoms with E-state index in [1.807, 2.05) is 6.08 Å². The number of nitrogens with zero attached hydrogens (tertiary/aromatic N) is 3. The Morgan fingerprint density at radius 1 is 0.973 bits per heavy atom. The molecule has 4 aliphatic rings. The molecule has 0 aromatic rings.